The number of imidazole rings is 1. The average molecular weight is 559 g/mol. The van der Waals surface area contributed by atoms with Crippen LogP contribution in [0.15, 0.2) is 6.20 Å². The highest BCUT2D eigenvalue weighted by Gasteiger charge is 2.16. The second kappa shape index (κ2) is 27.1. The van der Waals surface area contributed by atoms with Crippen LogP contribution in [-0.2, 0) is 6.54 Å². The summed E-state index contributed by atoms with van der Waals surface area (Å²) in [6.45, 7) is 12.8. The lowest BCUT2D eigenvalue weighted by molar-refractivity contribution is 0.495. The standard InChI is InChI=1S/C38H74N2/c1-6-8-10-12-14-16-18-19-20-21-23-25-27-29-31-33-40-34-37(35(3)4)39-38(40)36(5)32-30-28-26-24-22-17-15-13-11-9-7-2/h34-36H,6-33H2,1-5H3. The summed E-state index contributed by atoms with van der Waals surface area (Å²) in [5, 5.41) is 0. The molecule has 1 heterocycles. The molecule has 0 amide bonds. The summed E-state index contributed by atoms with van der Waals surface area (Å²) < 4.78 is 2.53. The first-order valence-electron chi connectivity index (χ1n) is 18.7. The van der Waals surface area contributed by atoms with E-state index in [-0.39, 0.29) is 0 Å². The van der Waals surface area contributed by atoms with E-state index < -0.39 is 0 Å². The molecule has 1 unspecified atom stereocenters. The van der Waals surface area contributed by atoms with Gasteiger partial charge in [0.1, 0.15) is 5.82 Å². The van der Waals surface area contributed by atoms with Crippen LogP contribution in [0, 0.1) is 0 Å². The summed E-state index contributed by atoms with van der Waals surface area (Å²) in [6, 6.07) is 0. The lowest BCUT2D eigenvalue weighted by atomic mass is 10.0. The number of nitrogens with zero attached hydrogens (tertiary/aromatic N) is 2. The van der Waals surface area contributed by atoms with Gasteiger partial charge < -0.3 is 4.57 Å². The summed E-state index contributed by atoms with van der Waals surface area (Å²) in [4.78, 5) is 5.13. The zero-order chi connectivity index (χ0) is 29.1. The fraction of sp³-hybridized carbons (Fsp3) is 0.921. The molecule has 1 aromatic rings. The number of hydrogen-bond donors (Lipinski definition) is 0. The van der Waals surface area contributed by atoms with E-state index in [9.17, 15) is 0 Å². The van der Waals surface area contributed by atoms with Gasteiger partial charge in [-0.3, -0.25) is 0 Å². The van der Waals surface area contributed by atoms with Crippen LogP contribution in [0.2, 0.25) is 0 Å². The van der Waals surface area contributed by atoms with Crippen molar-refractivity contribution in [3.8, 4) is 0 Å². The molecule has 0 saturated heterocycles. The maximum absolute atomic E-state index is 5.13. The molecule has 0 fully saturated rings. The van der Waals surface area contributed by atoms with Crippen LogP contribution in [0.5, 0.6) is 0 Å². The largest absolute Gasteiger partial charge is 0.334 e. The van der Waals surface area contributed by atoms with Gasteiger partial charge in [0.2, 0.25) is 0 Å². The highest BCUT2D eigenvalue weighted by atomic mass is 15.1. The monoisotopic (exact) mass is 559 g/mol. The summed E-state index contributed by atoms with van der Waals surface area (Å²) in [6.07, 6.45) is 40.8. The van der Waals surface area contributed by atoms with Crippen LogP contribution in [-0.4, -0.2) is 9.55 Å². The van der Waals surface area contributed by atoms with Gasteiger partial charge in [-0.2, -0.15) is 0 Å². The Labute approximate surface area is 253 Å². The zero-order valence-electron chi connectivity index (χ0n) is 28.4. The van der Waals surface area contributed by atoms with Gasteiger partial charge in [0, 0.05) is 18.7 Å². The molecule has 0 saturated carbocycles. The van der Waals surface area contributed by atoms with Gasteiger partial charge in [-0.15, -0.1) is 0 Å². The predicted octanol–water partition coefficient (Wildman–Crippen LogP) is 13.7. The van der Waals surface area contributed by atoms with Crippen molar-refractivity contribution in [3.63, 3.8) is 0 Å². The van der Waals surface area contributed by atoms with Crippen molar-refractivity contribution in [3.05, 3.63) is 17.7 Å². The number of aryl methyl sites for hydroxylation is 1. The Hall–Kier alpha value is -0.790. The molecule has 1 aromatic heterocycles. The molecular weight excluding hydrogens is 484 g/mol. The Bertz CT molecular complexity index is 646. The highest BCUT2D eigenvalue weighted by molar-refractivity contribution is 5.11. The SMILES string of the molecule is CCCCCCCCCCCCCCCCCn1cc(C(C)C)nc1C(C)CCCCCCCCCCCCC. The second-order valence-electron chi connectivity index (χ2n) is 13.5. The van der Waals surface area contributed by atoms with Crippen molar-refractivity contribution < 1.29 is 0 Å². The molecule has 0 bridgehead atoms. The Balaban J connectivity index is 2.13. The Morgan fingerprint density at radius 3 is 1.23 bits per heavy atom. The van der Waals surface area contributed by atoms with E-state index in [2.05, 4.69) is 45.4 Å². The molecule has 0 radical (unpaired) electrons. The Morgan fingerprint density at radius 2 is 0.850 bits per heavy atom. The predicted molar refractivity (Wildman–Crippen MR) is 181 cm³/mol. The molecule has 0 aromatic carbocycles. The van der Waals surface area contributed by atoms with Crippen LogP contribution < -0.4 is 0 Å². The molecular formula is C38H74N2. The molecule has 1 rings (SSSR count). The lowest BCUT2D eigenvalue weighted by Gasteiger charge is -2.14. The first kappa shape index (κ1) is 37.2. The van der Waals surface area contributed by atoms with Crippen molar-refractivity contribution in [1.82, 2.24) is 9.55 Å². The number of aromatic nitrogens is 2. The molecule has 0 aliphatic rings. The molecule has 2 heteroatoms. The van der Waals surface area contributed by atoms with E-state index in [4.69, 9.17) is 4.98 Å². The van der Waals surface area contributed by atoms with Gasteiger partial charge in [-0.1, -0.05) is 195 Å². The lowest BCUT2D eigenvalue weighted by Crippen LogP contribution is -2.07. The average Bonchev–Trinajstić information content (AvgIpc) is 3.38. The number of unbranched alkanes of at least 4 members (excludes halogenated alkanes) is 24. The second-order valence-corrected chi connectivity index (χ2v) is 13.5. The summed E-state index contributed by atoms with van der Waals surface area (Å²) in [5.74, 6) is 2.47. The van der Waals surface area contributed by atoms with E-state index in [1.165, 1.54) is 185 Å². The molecule has 2 nitrogen and oxygen atoms in total. The summed E-state index contributed by atoms with van der Waals surface area (Å²) in [5.41, 5.74) is 1.29. The van der Waals surface area contributed by atoms with Gasteiger partial charge in [-0.25, -0.2) is 4.98 Å². The van der Waals surface area contributed by atoms with Crippen molar-refractivity contribution in [2.24, 2.45) is 0 Å². The van der Waals surface area contributed by atoms with Crippen molar-refractivity contribution >= 4 is 0 Å². The van der Waals surface area contributed by atoms with E-state index in [1.54, 1.807) is 0 Å². The maximum Gasteiger partial charge on any atom is 0.111 e. The molecule has 236 valence electrons. The number of rotatable bonds is 30. The first-order chi connectivity index (χ1) is 19.6. The Morgan fingerprint density at radius 1 is 0.500 bits per heavy atom. The van der Waals surface area contributed by atoms with E-state index in [1.807, 2.05) is 0 Å². The van der Waals surface area contributed by atoms with E-state index in [0.717, 1.165) is 6.54 Å². The summed E-state index contributed by atoms with van der Waals surface area (Å²) >= 11 is 0. The molecule has 40 heavy (non-hydrogen) atoms. The zero-order valence-corrected chi connectivity index (χ0v) is 28.4. The van der Waals surface area contributed by atoms with Gasteiger partial charge in [0.05, 0.1) is 5.69 Å². The third-order valence-electron chi connectivity index (χ3n) is 9.10. The molecule has 0 aliphatic heterocycles. The van der Waals surface area contributed by atoms with Gasteiger partial charge in [0.15, 0.2) is 0 Å². The summed E-state index contributed by atoms with van der Waals surface area (Å²) in [7, 11) is 0. The highest BCUT2D eigenvalue weighted by Crippen LogP contribution is 2.25. The molecule has 1 atom stereocenters. The fourth-order valence-corrected chi connectivity index (χ4v) is 6.20. The smallest absolute Gasteiger partial charge is 0.111 e. The molecule has 0 N–H and O–H groups in total. The molecule has 0 spiro atoms. The topological polar surface area (TPSA) is 17.8 Å². The minimum atomic E-state index is 0.523. The van der Waals surface area contributed by atoms with Crippen molar-refractivity contribution in [1.29, 1.82) is 0 Å². The van der Waals surface area contributed by atoms with Crippen LogP contribution in [0.1, 0.15) is 231 Å². The van der Waals surface area contributed by atoms with Crippen LogP contribution >= 0.6 is 0 Å². The third-order valence-corrected chi connectivity index (χ3v) is 9.10. The fourth-order valence-electron chi connectivity index (χ4n) is 6.20. The van der Waals surface area contributed by atoms with Gasteiger partial charge in [-0.05, 0) is 18.8 Å². The normalized spacial score (nSPS) is 12.6. The Kier molecular flexibility index (Phi) is 25.2. The minimum absolute atomic E-state index is 0.523. The first-order valence-corrected chi connectivity index (χ1v) is 18.7. The van der Waals surface area contributed by atoms with E-state index in [0.29, 0.717) is 11.8 Å². The number of hydrogen-bond acceptors (Lipinski definition) is 1. The van der Waals surface area contributed by atoms with Crippen LogP contribution in [0.4, 0.5) is 0 Å². The maximum atomic E-state index is 5.13. The van der Waals surface area contributed by atoms with Gasteiger partial charge in [0.25, 0.3) is 0 Å². The molecule has 0 aliphatic carbocycles. The van der Waals surface area contributed by atoms with Crippen molar-refractivity contribution in [2.75, 3.05) is 0 Å². The minimum Gasteiger partial charge on any atom is -0.334 e. The van der Waals surface area contributed by atoms with Crippen LogP contribution in [0.3, 0.4) is 0 Å². The van der Waals surface area contributed by atoms with Gasteiger partial charge >= 0.3 is 0 Å². The van der Waals surface area contributed by atoms with Crippen molar-refractivity contribution in [2.45, 2.75) is 226 Å². The quantitative estimate of drug-likeness (QED) is 0.0858. The van der Waals surface area contributed by atoms with Crippen LogP contribution in [0.25, 0.3) is 0 Å². The van der Waals surface area contributed by atoms with E-state index >= 15 is 0 Å². The third kappa shape index (κ3) is 20.1.